The number of hydrogen-bond acceptors (Lipinski definition) is 4. The number of thiazole rings is 1. The standard InChI is InChI=1S/C23H20ClFN4OS/c1-14-21(10-16-5-3-7-18(25)9-16)15(2)29(28-14)23-27-20(13-31-23)12-22(30)26-19-8-4-6-17(24)11-19/h3-9,11,13H,10,12H2,1-2H3,(H,26,30). The maximum atomic E-state index is 13.5. The second-order valence-corrected chi connectivity index (χ2v) is 8.50. The Balaban J connectivity index is 1.49. The Bertz CT molecular complexity index is 1250. The first-order valence-electron chi connectivity index (χ1n) is 9.69. The zero-order valence-corrected chi connectivity index (χ0v) is 18.6. The van der Waals surface area contributed by atoms with Crippen LogP contribution in [0.3, 0.4) is 0 Å². The molecule has 2 heterocycles. The molecule has 8 heteroatoms. The Morgan fingerprint density at radius 1 is 1.19 bits per heavy atom. The number of nitrogens with zero attached hydrogens (tertiary/aromatic N) is 3. The molecule has 2 aromatic heterocycles. The maximum Gasteiger partial charge on any atom is 0.230 e. The van der Waals surface area contributed by atoms with Crippen molar-refractivity contribution in [3.63, 3.8) is 0 Å². The molecule has 0 radical (unpaired) electrons. The van der Waals surface area contributed by atoms with Gasteiger partial charge in [-0.25, -0.2) is 14.1 Å². The van der Waals surface area contributed by atoms with Crippen LogP contribution in [0, 0.1) is 19.7 Å². The van der Waals surface area contributed by atoms with Crippen LogP contribution in [-0.4, -0.2) is 20.7 Å². The van der Waals surface area contributed by atoms with E-state index in [9.17, 15) is 9.18 Å². The summed E-state index contributed by atoms with van der Waals surface area (Å²) in [6.45, 7) is 3.91. The summed E-state index contributed by atoms with van der Waals surface area (Å²) in [6, 6.07) is 13.6. The van der Waals surface area contributed by atoms with Crippen LogP contribution < -0.4 is 5.32 Å². The van der Waals surface area contributed by atoms with Gasteiger partial charge in [-0.15, -0.1) is 11.3 Å². The summed E-state index contributed by atoms with van der Waals surface area (Å²) < 4.78 is 15.3. The lowest BCUT2D eigenvalue weighted by Crippen LogP contribution is -2.14. The molecule has 0 saturated carbocycles. The number of carbonyl (C=O) groups is 1. The van der Waals surface area contributed by atoms with Crippen molar-refractivity contribution < 1.29 is 9.18 Å². The predicted octanol–water partition coefficient (Wildman–Crippen LogP) is 5.51. The minimum Gasteiger partial charge on any atom is -0.326 e. The SMILES string of the molecule is Cc1nn(-c2nc(CC(=O)Nc3cccc(Cl)c3)cs2)c(C)c1Cc1cccc(F)c1. The molecule has 0 aliphatic carbocycles. The van der Waals surface area contributed by atoms with Crippen LogP contribution in [0.15, 0.2) is 53.9 Å². The van der Waals surface area contributed by atoms with Gasteiger partial charge < -0.3 is 5.32 Å². The molecular weight excluding hydrogens is 435 g/mol. The van der Waals surface area contributed by atoms with Gasteiger partial charge in [-0.2, -0.15) is 5.10 Å². The van der Waals surface area contributed by atoms with Crippen LogP contribution >= 0.6 is 22.9 Å². The minimum absolute atomic E-state index is 0.151. The third-order valence-corrected chi connectivity index (χ3v) is 5.98. The lowest BCUT2D eigenvalue weighted by Gasteiger charge is -2.04. The molecule has 31 heavy (non-hydrogen) atoms. The number of amides is 1. The van der Waals surface area contributed by atoms with Crippen molar-refractivity contribution in [2.24, 2.45) is 0 Å². The second-order valence-electron chi connectivity index (χ2n) is 7.22. The molecule has 0 aliphatic heterocycles. The smallest absolute Gasteiger partial charge is 0.230 e. The molecule has 0 spiro atoms. The van der Waals surface area contributed by atoms with Crippen LogP contribution in [0.25, 0.3) is 5.13 Å². The van der Waals surface area contributed by atoms with Crippen molar-refractivity contribution >= 4 is 34.5 Å². The van der Waals surface area contributed by atoms with E-state index in [4.69, 9.17) is 11.6 Å². The van der Waals surface area contributed by atoms with E-state index in [0.717, 1.165) is 22.5 Å². The molecule has 4 aromatic rings. The fourth-order valence-electron chi connectivity index (χ4n) is 3.38. The summed E-state index contributed by atoms with van der Waals surface area (Å²) in [5.74, 6) is -0.417. The quantitative estimate of drug-likeness (QED) is 0.418. The Hall–Kier alpha value is -3.03. The van der Waals surface area contributed by atoms with Gasteiger partial charge in [0.15, 0.2) is 0 Å². The molecule has 0 aliphatic rings. The average molecular weight is 455 g/mol. The summed E-state index contributed by atoms with van der Waals surface area (Å²) in [5.41, 5.74) is 5.07. The van der Waals surface area contributed by atoms with Crippen molar-refractivity contribution in [3.8, 4) is 5.13 Å². The predicted molar refractivity (Wildman–Crippen MR) is 122 cm³/mol. The van der Waals surface area contributed by atoms with Gasteiger partial charge in [0.1, 0.15) is 5.82 Å². The van der Waals surface area contributed by atoms with Gasteiger partial charge in [-0.3, -0.25) is 4.79 Å². The van der Waals surface area contributed by atoms with Crippen molar-refractivity contribution in [3.05, 3.63) is 93.0 Å². The summed E-state index contributed by atoms with van der Waals surface area (Å²) in [5, 5.41) is 10.6. The van der Waals surface area contributed by atoms with Crippen LogP contribution in [-0.2, 0) is 17.6 Å². The summed E-state index contributed by atoms with van der Waals surface area (Å²) in [7, 11) is 0. The first kappa shape index (κ1) is 21.2. The van der Waals surface area contributed by atoms with Crippen LogP contribution in [0.1, 0.15) is 28.2 Å². The molecular formula is C23H20ClFN4OS. The van der Waals surface area contributed by atoms with Crippen molar-refractivity contribution in [2.45, 2.75) is 26.7 Å². The first-order chi connectivity index (χ1) is 14.9. The van der Waals surface area contributed by atoms with Crippen molar-refractivity contribution in [2.75, 3.05) is 5.32 Å². The molecule has 2 aromatic carbocycles. The van der Waals surface area contributed by atoms with Gasteiger partial charge in [0, 0.05) is 33.8 Å². The highest BCUT2D eigenvalue weighted by Gasteiger charge is 2.17. The number of rotatable bonds is 6. The molecule has 1 amide bonds. The number of aryl methyl sites for hydroxylation is 1. The summed E-state index contributed by atoms with van der Waals surface area (Å²) in [4.78, 5) is 16.9. The average Bonchev–Trinajstić information content (AvgIpc) is 3.27. The van der Waals surface area contributed by atoms with Crippen LogP contribution in [0.2, 0.25) is 5.02 Å². The van der Waals surface area contributed by atoms with Crippen LogP contribution in [0.5, 0.6) is 0 Å². The van der Waals surface area contributed by atoms with E-state index in [1.807, 2.05) is 25.3 Å². The first-order valence-corrected chi connectivity index (χ1v) is 10.9. The van der Waals surface area contributed by atoms with E-state index in [-0.39, 0.29) is 18.1 Å². The third-order valence-electron chi connectivity index (χ3n) is 4.88. The summed E-state index contributed by atoms with van der Waals surface area (Å²) in [6.07, 6.45) is 0.744. The Morgan fingerprint density at radius 2 is 2.00 bits per heavy atom. The van der Waals surface area contributed by atoms with E-state index in [1.165, 1.54) is 23.5 Å². The zero-order chi connectivity index (χ0) is 22.0. The Morgan fingerprint density at radius 3 is 2.77 bits per heavy atom. The van der Waals surface area contributed by atoms with Gasteiger partial charge in [0.05, 0.1) is 17.8 Å². The van der Waals surface area contributed by atoms with Gasteiger partial charge in [0.25, 0.3) is 0 Å². The van der Waals surface area contributed by atoms with Gasteiger partial charge in [-0.05, 0) is 49.7 Å². The fraction of sp³-hybridized carbons (Fsp3) is 0.174. The molecule has 0 atom stereocenters. The molecule has 4 rings (SSSR count). The van der Waals surface area contributed by atoms with E-state index in [2.05, 4.69) is 15.4 Å². The molecule has 0 saturated heterocycles. The van der Waals surface area contributed by atoms with E-state index in [0.29, 0.717) is 28.0 Å². The van der Waals surface area contributed by atoms with Gasteiger partial charge >= 0.3 is 0 Å². The topological polar surface area (TPSA) is 59.8 Å². The fourth-order valence-corrected chi connectivity index (χ4v) is 4.39. The lowest BCUT2D eigenvalue weighted by molar-refractivity contribution is -0.115. The highest BCUT2D eigenvalue weighted by atomic mass is 35.5. The van der Waals surface area contributed by atoms with E-state index >= 15 is 0 Å². The number of hydrogen-bond donors (Lipinski definition) is 1. The van der Waals surface area contributed by atoms with E-state index in [1.54, 1.807) is 35.0 Å². The van der Waals surface area contributed by atoms with E-state index < -0.39 is 0 Å². The molecule has 5 nitrogen and oxygen atoms in total. The molecule has 0 fully saturated rings. The highest BCUT2D eigenvalue weighted by Crippen LogP contribution is 2.24. The molecule has 1 N–H and O–H groups in total. The van der Waals surface area contributed by atoms with Crippen LogP contribution in [0.4, 0.5) is 10.1 Å². The maximum absolute atomic E-state index is 13.5. The lowest BCUT2D eigenvalue weighted by atomic mass is 10.0. The number of halogens is 2. The summed E-state index contributed by atoms with van der Waals surface area (Å²) >= 11 is 7.38. The molecule has 0 bridgehead atoms. The number of nitrogens with one attached hydrogen (secondary N) is 1. The number of aromatic nitrogens is 3. The van der Waals surface area contributed by atoms with Gasteiger partial charge in [-0.1, -0.05) is 29.8 Å². The number of benzene rings is 2. The monoisotopic (exact) mass is 454 g/mol. The van der Waals surface area contributed by atoms with Gasteiger partial charge in [0.2, 0.25) is 11.0 Å². The Labute approximate surface area is 188 Å². The van der Waals surface area contributed by atoms with Crippen molar-refractivity contribution in [1.29, 1.82) is 0 Å². The largest absolute Gasteiger partial charge is 0.326 e. The molecule has 0 unspecified atom stereocenters. The highest BCUT2D eigenvalue weighted by molar-refractivity contribution is 7.12. The minimum atomic E-state index is -0.249. The Kier molecular flexibility index (Phi) is 6.15. The zero-order valence-electron chi connectivity index (χ0n) is 17.0. The van der Waals surface area contributed by atoms with Crippen molar-refractivity contribution in [1.82, 2.24) is 14.8 Å². The normalized spacial score (nSPS) is 11.0. The number of anilines is 1. The second kappa shape index (κ2) is 8.99. The molecule has 158 valence electrons. The number of carbonyl (C=O) groups excluding carboxylic acids is 1. The third kappa shape index (κ3) is 5.00.